The number of nitrogens with zero attached hydrogens (tertiary/aromatic N) is 3. The standard InChI is InChI=1S/C27H29N4OP/c1-19-15-16-21(17-20(19)2)29-33(32)25(18-28-31(33)22-11-7-6-8-12-22)26-27(3,4)23-13-9-10-14-24(23)30(26)5/h6-18H,1-5H3,(H,29,32)/b26-25+. The van der Waals surface area contributed by atoms with Gasteiger partial charge >= 0.3 is 7.44 Å². The lowest BCUT2D eigenvalue weighted by Gasteiger charge is -2.31. The van der Waals surface area contributed by atoms with Crippen molar-refractivity contribution < 1.29 is 4.57 Å². The van der Waals surface area contributed by atoms with Crippen LogP contribution in [0.4, 0.5) is 17.1 Å². The van der Waals surface area contributed by atoms with Crippen LogP contribution >= 0.6 is 7.44 Å². The summed E-state index contributed by atoms with van der Waals surface area (Å²) in [6, 6.07) is 24.2. The highest BCUT2D eigenvalue weighted by molar-refractivity contribution is 7.72. The maximum atomic E-state index is 15.0. The van der Waals surface area contributed by atoms with Crippen molar-refractivity contribution in [2.45, 2.75) is 33.1 Å². The summed E-state index contributed by atoms with van der Waals surface area (Å²) in [4.78, 5) is 2.17. The Morgan fingerprint density at radius 2 is 1.61 bits per heavy atom. The molecule has 0 amide bonds. The van der Waals surface area contributed by atoms with Gasteiger partial charge in [-0.25, -0.2) is 0 Å². The predicted molar refractivity (Wildman–Crippen MR) is 139 cm³/mol. The van der Waals surface area contributed by atoms with Crippen LogP contribution in [0.25, 0.3) is 0 Å². The van der Waals surface area contributed by atoms with E-state index in [4.69, 9.17) is 0 Å². The molecule has 5 nitrogen and oxygen atoms in total. The van der Waals surface area contributed by atoms with E-state index in [0.29, 0.717) is 0 Å². The second-order valence-electron chi connectivity index (χ2n) is 9.29. The molecule has 0 saturated heterocycles. The van der Waals surface area contributed by atoms with Gasteiger partial charge in [0.1, 0.15) is 0 Å². The number of nitrogens with one attached hydrogen (secondary N) is 1. The summed E-state index contributed by atoms with van der Waals surface area (Å²) in [5.74, 6) is 0. The van der Waals surface area contributed by atoms with E-state index in [2.05, 4.69) is 80.2 Å². The number of hydrogen-bond acceptors (Lipinski definition) is 3. The molecule has 2 aliphatic rings. The molecule has 0 radical (unpaired) electrons. The molecule has 0 spiro atoms. The highest BCUT2D eigenvalue weighted by Gasteiger charge is 2.48. The number of hydrogen-bond donors (Lipinski definition) is 1. The van der Waals surface area contributed by atoms with Crippen LogP contribution in [0, 0.1) is 13.8 Å². The average Bonchev–Trinajstić information content (AvgIpc) is 3.22. The summed E-state index contributed by atoms with van der Waals surface area (Å²) in [5, 5.41) is 8.83. The lowest BCUT2D eigenvalue weighted by Crippen LogP contribution is -2.26. The monoisotopic (exact) mass is 456 g/mol. The van der Waals surface area contributed by atoms with Crippen LogP contribution in [-0.4, -0.2) is 13.3 Å². The van der Waals surface area contributed by atoms with Crippen molar-refractivity contribution in [3.8, 4) is 0 Å². The van der Waals surface area contributed by atoms with Gasteiger partial charge in [-0.05, 0) is 60.9 Å². The van der Waals surface area contributed by atoms with Gasteiger partial charge in [-0.15, -0.1) is 0 Å². The number of benzene rings is 3. The van der Waals surface area contributed by atoms with Gasteiger partial charge in [0, 0.05) is 29.5 Å². The van der Waals surface area contributed by atoms with E-state index in [1.165, 1.54) is 11.1 Å². The van der Waals surface area contributed by atoms with Crippen molar-refractivity contribution in [2.24, 2.45) is 5.10 Å². The lowest BCUT2D eigenvalue weighted by atomic mass is 9.84. The van der Waals surface area contributed by atoms with Gasteiger partial charge in [-0.3, -0.25) is 4.57 Å². The Morgan fingerprint density at radius 3 is 2.30 bits per heavy atom. The maximum absolute atomic E-state index is 15.0. The molecular weight excluding hydrogens is 427 g/mol. The Bertz CT molecular complexity index is 1340. The van der Waals surface area contributed by atoms with Crippen molar-refractivity contribution in [3.63, 3.8) is 0 Å². The van der Waals surface area contributed by atoms with E-state index in [-0.39, 0.29) is 5.41 Å². The molecule has 0 fully saturated rings. The third-order valence-corrected chi connectivity index (χ3v) is 9.18. The molecule has 0 aliphatic carbocycles. The number of likely N-dealkylation sites (N-methyl/N-ethyl adjacent to an activating group) is 1. The van der Waals surface area contributed by atoms with Gasteiger partial charge in [0.05, 0.1) is 17.2 Å². The van der Waals surface area contributed by atoms with E-state index < -0.39 is 7.44 Å². The Balaban J connectivity index is 1.71. The molecule has 3 aromatic rings. The summed E-state index contributed by atoms with van der Waals surface area (Å²) in [5.41, 5.74) is 7.01. The number of hydrazone groups is 1. The molecule has 6 heteroatoms. The summed E-state index contributed by atoms with van der Waals surface area (Å²) in [6.07, 6.45) is 1.78. The zero-order valence-corrected chi connectivity index (χ0v) is 20.6. The van der Waals surface area contributed by atoms with Crippen LogP contribution in [0.15, 0.2) is 88.9 Å². The topological polar surface area (TPSA) is 47.9 Å². The Morgan fingerprint density at radius 1 is 0.909 bits per heavy atom. The average molecular weight is 457 g/mol. The fraction of sp³-hybridized carbons (Fsp3) is 0.222. The first-order valence-electron chi connectivity index (χ1n) is 11.2. The summed E-state index contributed by atoms with van der Waals surface area (Å²) in [6.45, 7) is 8.53. The second-order valence-corrected chi connectivity index (χ2v) is 11.5. The minimum Gasteiger partial charge on any atom is -0.346 e. The van der Waals surface area contributed by atoms with Crippen LogP contribution in [0.5, 0.6) is 0 Å². The number of fused-ring (bicyclic) bond motifs is 1. The highest BCUT2D eigenvalue weighted by Crippen LogP contribution is 2.64. The molecular formula is C27H29N4OP. The van der Waals surface area contributed by atoms with Crippen molar-refractivity contribution in [1.82, 2.24) is 0 Å². The van der Waals surface area contributed by atoms with Gasteiger partial charge in [-0.1, -0.05) is 56.3 Å². The number of para-hydroxylation sites is 2. The zero-order chi connectivity index (χ0) is 23.4. The first-order valence-corrected chi connectivity index (χ1v) is 12.8. The smallest absolute Gasteiger partial charge is 0.313 e. The SMILES string of the molecule is Cc1ccc(NP2(=O)/C(=C3/N(C)c4ccccc4C3(C)C)C=NN2c2ccccc2)cc1C. The molecule has 0 bridgehead atoms. The largest absolute Gasteiger partial charge is 0.346 e. The van der Waals surface area contributed by atoms with Gasteiger partial charge in [0.15, 0.2) is 0 Å². The number of allylic oxidation sites excluding steroid dienone is 2. The Hall–Kier alpha value is -3.30. The van der Waals surface area contributed by atoms with Crippen molar-refractivity contribution in [1.29, 1.82) is 0 Å². The molecule has 0 saturated carbocycles. The maximum Gasteiger partial charge on any atom is 0.313 e. The molecule has 1 unspecified atom stereocenters. The van der Waals surface area contributed by atoms with Crippen molar-refractivity contribution in [3.05, 3.63) is 100 Å². The molecule has 1 atom stereocenters. The lowest BCUT2D eigenvalue weighted by molar-refractivity contribution is 0.579. The van der Waals surface area contributed by atoms with Crippen molar-refractivity contribution >= 4 is 30.7 Å². The molecule has 1 N–H and O–H groups in total. The van der Waals surface area contributed by atoms with Crippen LogP contribution in [0.1, 0.15) is 30.5 Å². The van der Waals surface area contributed by atoms with Gasteiger partial charge in [-0.2, -0.15) is 9.88 Å². The first-order chi connectivity index (χ1) is 15.7. The second kappa shape index (κ2) is 7.64. The third-order valence-electron chi connectivity index (χ3n) is 6.77. The third kappa shape index (κ3) is 3.30. The van der Waals surface area contributed by atoms with Crippen LogP contribution in [0.2, 0.25) is 0 Å². The Labute approximate surface area is 195 Å². The van der Waals surface area contributed by atoms with Gasteiger partial charge in [0.25, 0.3) is 0 Å². The van der Waals surface area contributed by atoms with E-state index in [1.54, 1.807) is 11.0 Å². The molecule has 2 aliphatic heterocycles. The molecule has 168 valence electrons. The quantitative estimate of drug-likeness (QED) is 0.429. The van der Waals surface area contributed by atoms with E-state index in [9.17, 15) is 0 Å². The van der Waals surface area contributed by atoms with E-state index in [1.807, 2.05) is 42.5 Å². The molecule has 3 aromatic carbocycles. The van der Waals surface area contributed by atoms with E-state index in [0.717, 1.165) is 33.6 Å². The van der Waals surface area contributed by atoms with Crippen LogP contribution < -0.4 is 14.8 Å². The number of rotatable bonds is 3. The molecule has 5 rings (SSSR count). The van der Waals surface area contributed by atoms with Crippen molar-refractivity contribution in [2.75, 3.05) is 21.8 Å². The first kappa shape index (κ1) is 21.5. The number of aryl methyl sites for hydroxylation is 2. The number of anilines is 3. The Kier molecular flexibility index (Phi) is 4.98. The van der Waals surface area contributed by atoms with E-state index >= 15 is 4.57 Å². The van der Waals surface area contributed by atoms with Crippen LogP contribution in [-0.2, 0) is 9.98 Å². The van der Waals surface area contributed by atoms with Gasteiger partial charge in [0.2, 0.25) is 0 Å². The predicted octanol–water partition coefficient (Wildman–Crippen LogP) is 7.05. The normalized spacial score (nSPS) is 23.2. The fourth-order valence-electron chi connectivity index (χ4n) is 4.91. The van der Waals surface area contributed by atoms with Crippen LogP contribution in [0.3, 0.4) is 0 Å². The summed E-state index contributed by atoms with van der Waals surface area (Å²) >= 11 is 0. The highest BCUT2D eigenvalue weighted by atomic mass is 31.2. The zero-order valence-electron chi connectivity index (χ0n) is 19.7. The van der Waals surface area contributed by atoms with Gasteiger partial charge < -0.3 is 9.99 Å². The summed E-state index contributed by atoms with van der Waals surface area (Å²) in [7, 11) is -1.31. The fourth-order valence-corrected chi connectivity index (χ4v) is 7.39. The summed E-state index contributed by atoms with van der Waals surface area (Å²) < 4.78 is 16.7. The molecule has 33 heavy (non-hydrogen) atoms. The molecule has 2 heterocycles. The molecule has 0 aromatic heterocycles. The minimum absolute atomic E-state index is 0.320. The minimum atomic E-state index is -3.36.